The number of carbonyl (C=O) groups is 1. The average Bonchev–Trinajstić information content (AvgIpc) is 2.61. The lowest BCUT2D eigenvalue weighted by Gasteiger charge is -2.21. The van der Waals surface area contributed by atoms with E-state index in [4.69, 9.17) is 9.47 Å². The molecule has 0 radical (unpaired) electrons. The van der Waals surface area contributed by atoms with Crippen molar-refractivity contribution in [1.82, 2.24) is 4.90 Å². The molecule has 1 aliphatic rings. The molecule has 1 saturated heterocycles. The van der Waals surface area contributed by atoms with Crippen LogP contribution in [0.1, 0.15) is 33.6 Å². The quantitative estimate of drug-likeness (QED) is 0.689. The van der Waals surface area contributed by atoms with Crippen molar-refractivity contribution in [2.24, 2.45) is 5.92 Å². The molecular weight excluding hydrogens is 218 g/mol. The summed E-state index contributed by atoms with van der Waals surface area (Å²) in [5.74, 6) is 0.520. The highest BCUT2D eigenvalue weighted by Crippen LogP contribution is 2.17. The van der Waals surface area contributed by atoms with Gasteiger partial charge in [-0.15, -0.1) is 0 Å². The fraction of sp³-hybridized carbons (Fsp3) is 0.923. The first kappa shape index (κ1) is 14.5. The summed E-state index contributed by atoms with van der Waals surface area (Å²) in [6.07, 6.45) is 1.65. The van der Waals surface area contributed by atoms with Crippen molar-refractivity contribution in [3.63, 3.8) is 0 Å². The van der Waals surface area contributed by atoms with Crippen LogP contribution in [0.25, 0.3) is 0 Å². The predicted molar refractivity (Wildman–Crippen MR) is 66.9 cm³/mol. The summed E-state index contributed by atoms with van der Waals surface area (Å²) < 4.78 is 10.4. The lowest BCUT2D eigenvalue weighted by molar-refractivity contribution is -0.155. The molecule has 0 spiro atoms. The van der Waals surface area contributed by atoms with Gasteiger partial charge in [-0.05, 0) is 39.7 Å². The summed E-state index contributed by atoms with van der Waals surface area (Å²) in [6.45, 7) is 9.42. The number of rotatable bonds is 5. The molecule has 1 rings (SSSR count). The SMILES string of the molecule is COCC1CCN(CCC(=O)OC(C)(C)C)C1. The first-order valence-corrected chi connectivity index (χ1v) is 6.34. The van der Waals surface area contributed by atoms with Crippen LogP contribution in [0.2, 0.25) is 0 Å². The maximum Gasteiger partial charge on any atom is 0.307 e. The third-order valence-corrected chi connectivity index (χ3v) is 2.82. The van der Waals surface area contributed by atoms with E-state index in [-0.39, 0.29) is 11.6 Å². The molecule has 0 aliphatic carbocycles. The maximum absolute atomic E-state index is 11.5. The van der Waals surface area contributed by atoms with E-state index < -0.39 is 0 Å². The van der Waals surface area contributed by atoms with Gasteiger partial charge in [-0.25, -0.2) is 0 Å². The van der Waals surface area contributed by atoms with Gasteiger partial charge >= 0.3 is 5.97 Å². The number of carbonyl (C=O) groups excluding carboxylic acids is 1. The molecule has 4 nitrogen and oxygen atoms in total. The number of ether oxygens (including phenoxy) is 2. The Morgan fingerprint density at radius 3 is 2.71 bits per heavy atom. The van der Waals surface area contributed by atoms with Crippen LogP contribution in [0.5, 0.6) is 0 Å². The summed E-state index contributed by atoms with van der Waals surface area (Å²) >= 11 is 0. The van der Waals surface area contributed by atoms with Crippen LogP contribution >= 0.6 is 0 Å². The first-order valence-electron chi connectivity index (χ1n) is 6.34. The molecule has 0 aromatic heterocycles. The third-order valence-electron chi connectivity index (χ3n) is 2.82. The highest BCUT2D eigenvalue weighted by molar-refractivity contribution is 5.70. The van der Waals surface area contributed by atoms with Gasteiger partial charge < -0.3 is 14.4 Å². The van der Waals surface area contributed by atoms with Crippen molar-refractivity contribution in [3.8, 4) is 0 Å². The van der Waals surface area contributed by atoms with Crippen LogP contribution in [-0.2, 0) is 14.3 Å². The summed E-state index contributed by atoms with van der Waals surface area (Å²) in [7, 11) is 1.74. The fourth-order valence-corrected chi connectivity index (χ4v) is 2.13. The molecule has 0 amide bonds. The summed E-state index contributed by atoms with van der Waals surface area (Å²) in [6, 6.07) is 0. The monoisotopic (exact) mass is 243 g/mol. The zero-order chi connectivity index (χ0) is 12.9. The maximum atomic E-state index is 11.5. The molecule has 1 atom stereocenters. The van der Waals surface area contributed by atoms with Gasteiger partial charge in [-0.1, -0.05) is 0 Å². The molecule has 1 unspecified atom stereocenters. The van der Waals surface area contributed by atoms with Gasteiger partial charge in [-0.3, -0.25) is 4.79 Å². The van der Waals surface area contributed by atoms with E-state index >= 15 is 0 Å². The zero-order valence-corrected chi connectivity index (χ0v) is 11.5. The normalized spacial score (nSPS) is 21.8. The van der Waals surface area contributed by atoms with Gasteiger partial charge in [0, 0.05) is 20.2 Å². The minimum Gasteiger partial charge on any atom is -0.460 e. The van der Waals surface area contributed by atoms with E-state index in [2.05, 4.69) is 4.90 Å². The Morgan fingerprint density at radius 1 is 1.41 bits per heavy atom. The summed E-state index contributed by atoms with van der Waals surface area (Å²) in [5.41, 5.74) is -0.374. The molecule has 0 N–H and O–H groups in total. The molecule has 1 aliphatic heterocycles. The van der Waals surface area contributed by atoms with Crippen molar-refractivity contribution >= 4 is 5.97 Å². The van der Waals surface area contributed by atoms with Crippen molar-refractivity contribution < 1.29 is 14.3 Å². The minimum atomic E-state index is -0.374. The van der Waals surface area contributed by atoms with Gasteiger partial charge in [-0.2, -0.15) is 0 Å². The van der Waals surface area contributed by atoms with E-state index in [0.717, 1.165) is 26.2 Å². The van der Waals surface area contributed by atoms with Crippen LogP contribution < -0.4 is 0 Å². The second-order valence-corrected chi connectivity index (χ2v) is 5.75. The van der Waals surface area contributed by atoms with Gasteiger partial charge in [0.25, 0.3) is 0 Å². The molecule has 0 saturated carbocycles. The van der Waals surface area contributed by atoms with E-state index in [9.17, 15) is 4.79 Å². The fourth-order valence-electron chi connectivity index (χ4n) is 2.13. The number of methoxy groups -OCH3 is 1. The standard InChI is InChI=1S/C13H25NO3/c1-13(2,3)17-12(15)6-8-14-7-5-11(9-14)10-16-4/h11H,5-10H2,1-4H3. The molecule has 100 valence electrons. The second kappa shape index (κ2) is 6.36. The van der Waals surface area contributed by atoms with Crippen molar-refractivity contribution in [2.45, 2.75) is 39.2 Å². The lowest BCUT2D eigenvalue weighted by Crippen LogP contribution is -2.29. The summed E-state index contributed by atoms with van der Waals surface area (Å²) in [5, 5.41) is 0. The van der Waals surface area contributed by atoms with Crippen LogP contribution in [-0.4, -0.2) is 49.8 Å². The lowest BCUT2D eigenvalue weighted by atomic mass is 10.1. The Labute approximate surface area is 104 Å². The Balaban J connectivity index is 2.17. The highest BCUT2D eigenvalue weighted by atomic mass is 16.6. The molecule has 0 aromatic rings. The molecule has 1 heterocycles. The molecular formula is C13H25NO3. The molecule has 0 bridgehead atoms. The number of esters is 1. The minimum absolute atomic E-state index is 0.104. The predicted octanol–water partition coefficient (Wildman–Crippen LogP) is 1.69. The summed E-state index contributed by atoms with van der Waals surface area (Å²) in [4.78, 5) is 13.9. The van der Waals surface area contributed by atoms with Crippen molar-refractivity contribution in [2.75, 3.05) is 33.4 Å². The van der Waals surface area contributed by atoms with Gasteiger partial charge in [0.05, 0.1) is 13.0 Å². The largest absolute Gasteiger partial charge is 0.460 e. The molecule has 4 heteroatoms. The smallest absolute Gasteiger partial charge is 0.307 e. The van der Waals surface area contributed by atoms with E-state index in [1.807, 2.05) is 20.8 Å². The van der Waals surface area contributed by atoms with Crippen molar-refractivity contribution in [3.05, 3.63) is 0 Å². The Hall–Kier alpha value is -0.610. The van der Waals surface area contributed by atoms with Crippen LogP contribution in [0.4, 0.5) is 0 Å². The number of nitrogens with zero attached hydrogens (tertiary/aromatic N) is 1. The van der Waals surface area contributed by atoms with E-state index in [1.165, 1.54) is 6.42 Å². The highest BCUT2D eigenvalue weighted by Gasteiger charge is 2.23. The molecule has 1 fully saturated rings. The third kappa shape index (κ3) is 6.03. The zero-order valence-electron chi connectivity index (χ0n) is 11.5. The number of likely N-dealkylation sites (tertiary alicyclic amines) is 1. The Bertz CT molecular complexity index is 248. The van der Waals surface area contributed by atoms with E-state index in [1.54, 1.807) is 7.11 Å². The van der Waals surface area contributed by atoms with Crippen molar-refractivity contribution in [1.29, 1.82) is 0 Å². The van der Waals surface area contributed by atoms with Crippen LogP contribution in [0, 0.1) is 5.92 Å². The number of hydrogen-bond donors (Lipinski definition) is 0. The van der Waals surface area contributed by atoms with Crippen LogP contribution in [0.3, 0.4) is 0 Å². The number of hydrogen-bond acceptors (Lipinski definition) is 4. The van der Waals surface area contributed by atoms with Gasteiger partial charge in [0.1, 0.15) is 5.60 Å². The first-order chi connectivity index (χ1) is 7.90. The van der Waals surface area contributed by atoms with Gasteiger partial charge in [0.15, 0.2) is 0 Å². The topological polar surface area (TPSA) is 38.8 Å². The molecule has 0 aromatic carbocycles. The molecule has 17 heavy (non-hydrogen) atoms. The van der Waals surface area contributed by atoms with E-state index in [0.29, 0.717) is 12.3 Å². The Kier molecular flexibility index (Phi) is 5.40. The second-order valence-electron chi connectivity index (χ2n) is 5.75. The Morgan fingerprint density at radius 2 is 2.12 bits per heavy atom. The average molecular weight is 243 g/mol. The van der Waals surface area contributed by atoms with Gasteiger partial charge in [0.2, 0.25) is 0 Å². The van der Waals surface area contributed by atoms with Crippen LogP contribution in [0.15, 0.2) is 0 Å².